The molecule has 0 aromatic heterocycles. The van der Waals surface area contributed by atoms with Crippen LogP contribution < -0.4 is 4.90 Å². The van der Waals surface area contributed by atoms with Crippen LogP contribution in [-0.4, -0.2) is 18.2 Å². The molecule has 1 N–H and O–H groups in total. The maximum Gasteiger partial charge on any atom is 0.0684 e. The lowest BCUT2D eigenvalue weighted by molar-refractivity contribution is 0.281. The van der Waals surface area contributed by atoms with Gasteiger partial charge < -0.3 is 10.0 Å². The first-order valence-electron chi connectivity index (χ1n) is 6.18. The molecular formula is C14H23NO. The Kier molecular flexibility index (Phi) is 5.33. The first kappa shape index (κ1) is 13.0. The lowest BCUT2D eigenvalue weighted by Gasteiger charge is -2.24. The van der Waals surface area contributed by atoms with E-state index < -0.39 is 0 Å². The molecule has 0 atom stereocenters. The van der Waals surface area contributed by atoms with Crippen LogP contribution in [0.3, 0.4) is 0 Å². The van der Waals surface area contributed by atoms with Gasteiger partial charge in [0.05, 0.1) is 6.61 Å². The van der Waals surface area contributed by atoms with Gasteiger partial charge in [-0.15, -0.1) is 0 Å². The minimum absolute atomic E-state index is 0.133. The number of aryl methyl sites for hydroxylation is 1. The summed E-state index contributed by atoms with van der Waals surface area (Å²) < 4.78 is 0. The van der Waals surface area contributed by atoms with E-state index in [2.05, 4.69) is 37.8 Å². The highest BCUT2D eigenvalue weighted by molar-refractivity contribution is 5.50. The van der Waals surface area contributed by atoms with Crippen LogP contribution in [0.5, 0.6) is 0 Å². The van der Waals surface area contributed by atoms with Gasteiger partial charge in [0.15, 0.2) is 0 Å². The number of hydrogen-bond acceptors (Lipinski definition) is 2. The van der Waals surface area contributed by atoms with Crippen molar-refractivity contribution in [1.29, 1.82) is 0 Å². The van der Waals surface area contributed by atoms with Crippen LogP contribution in [0, 0.1) is 6.92 Å². The minimum Gasteiger partial charge on any atom is -0.392 e. The number of anilines is 1. The van der Waals surface area contributed by atoms with Crippen LogP contribution in [-0.2, 0) is 6.61 Å². The minimum atomic E-state index is 0.133. The number of aliphatic hydroxyl groups excluding tert-OH is 1. The molecule has 0 radical (unpaired) electrons. The van der Waals surface area contributed by atoms with Gasteiger partial charge in [0, 0.05) is 18.8 Å². The van der Waals surface area contributed by atoms with Gasteiger partial charge >= 0.3 is 0 Å². The highest BCUT2D eigenvalue weighted by Gasteiger charge is 2.06. The average Bonchev–Trinajstić information content (AvgIpc) is 2.28. The third kappa shape index (κ3) is 3.24. The zero-order chi connectivity index (χ0) is 12.0. The average molecular weight is 221 g/mol. The quantitative estimate of drug-likeness (QED) is 0.798. The van der Waals surface area contributed by atoms with Crippen LogP contribution >= 0.6 is 0 Å². The summed E-state index contributed by atoms with van der Waals surface area (Å²) in [6, 6.07) is 6.32. The monoisotopic (exact) mass is 221 g/mol. The van der Waals surface area contributed by atoms with Crippen molar-refractivity contribution in [2.24, 2.45) is 0 Å². The van der Waals surface area contributed by atoms with Gasteiger partial charge in [-0.3, -0.25) is 0 Å². The first-order valence-corrected chi connectivity index (χ1v) is 6.18. The molecule has 0 heterocycles. The van der Waals surface area contributed by atoms with E-state index in [4.69, 9.17) is 5.11 Å². The summed E-state index contributed by atoms with van der Waals surface area (Å²) in [6.07, 6.45) is 2.33. The van der Waals surface area contributed by atoms with E-state index in [0.717, 1.165) is 18.7 Å². The molecule has 0 bridgehead atoms. The van der Waals surface area contributed by atoms with E-state index >= 15 is 0 Å². The normalized spacial score (nSPS) is 10.5. The van der Waals surface area contributed by atoms with Crippen LogP contribution in [0.25, 0.3) is 0 Å². The highest BCUT2D eigenvalue weighted by Crippen LogP contribution is 2.19. The van der Waals surface area contributed by atoms with Gasteiger partial charge in [0.1, 0.15) is 0 Å². The fraction of sp³-hybridized carbons (Fsp3) is 0.571. The Morgan fingerprint density at radius 2 is 1.75 bits per heavy atom. The lowest BCUT2D eigenvalue weighted by Crippen LogP contribution is -2.24. The van der Waals surface area contributed by atoms with E-state index in [1.165, 1.54) is 24.1 Å². The molecule has 0 unspecified atom stereocenters. The summed E-state index contributed by atoms with van der Waals surface area (Å²) in [7, 11) is 0. The predicted octanol–water partition coefficient (Wildman–Crippen LogP) is 3.11. The molecule has 0 saturated carbocycles. The van der Waals surface area contributed by atoms with Crippen molar-refractivity contribution in [3.63, 3.8) is 0 Å². The summed E-state index contributed by atoms with van der Waals surface area (Å²) >= 11 is 0. The van der Waals surface area contributed by atoms with Crippen LogP contribution in [0.1, 0.15) is 37.8 Å². The molecule has 2 nitrogen and oxygen atoms in total. The molecule has 16 heavy (non-hydrogen) atoms. The fourth-order valence-corrected chi connectivity index (χ4v) is 1.96. The van der Waals surface area contributed by atoms with Crippen molar-refractivity contribution < 1.29 is 5.11 Å². The van der Waals surface area contributed by atoms with Crippen molar-refractivity contribution in [3.8, 4) is 0 Å². The Balaban J connectivity index is 2.87. The SMILES string of the molecule is CCCN(CCC)c1ccc(CO)c(C)c1. The molecule has 0 aliphatic rings. The molecule has 1 aromatic rings. The molecule has 0 aliphatic carbocycles. The molecule has 1 aromatic carbocycles. The molecule has 0 saturated heterocycles. The predicted molar refractivity (Wildman–Crippen MR) is 69.9 cm³/mol. The highest BCUT2D eigenvalue weighted by atomic mass is 16.3. The van der Waals surface area contributed by atoms with Gasteiger partial charge in [0.25, 0.3) is 0 Å². The van der Waals surface area contributed by atoms with Gasteiger partial charge in [-0.25, -0.2) is 0 Å². The second-order valence-corrected chi connectivity index (χ2v) is 4.26. The van der Waals surface area contributed by atoms with E-state index in [0.29, 0.717) is 0 Å². The largest absolute Gasteiger partial charge is 0.392 e. The summed E-state index contributed by atoms with van der Waals surface area (Å²) in [5.74, 6) is 0. The Labute approximate surface area is 98.9 Å². The smallest absolute Gasteiger partial charge is 0.0684 e. The molecule has 0 spiro atoms. The molecule has 0 amide bonds. The topological polar surface area (TPSA) is 23.5 Å². The molecule has 0 aliphatic heterocycles. The first-order chi connectivity index (χ1) is 7.72. The number of aliphatic hydroxyl groups is 1. The van der Waals surface area contributed by atoms with Gasteiger partial charge in [-0.05, 0) is 43.0 Å². The van der Waals surface area contributed by atoms with Gasteiger partial charge in [-0.2, -0.15) is 0 Å². The van der Waals surface area contributed by atoms with E-state index in [1.54, 1.807) is 0 Å². The summed E-state index contributed by atoms with van der Waals surface area (Å²) in [5, 5.41) is 9.14. The zero-order valence-electron chi connectivity index (χ0n) is 10.7. The Morgan fingerprint density at radius 1 is 1.12 bits per heavy atom. The third-order valence-electron chi connectivity index (χ3n) is 2.85. The fourth-order valence-electron chi connectivity index (χ4n) is 1.96. The summed E-state index contributed by atoms with van der Waals surface area (Å²) in [4.78, 5) is 2.41. The van der Waals surface area contributed by atoms with Gasteiger partial charge in [-0.1, -0.05) is 19.9 Å². The number of hydrogen-bond donors (Lipinski definition) is 1. The Hall–Kier alpha value is -1.02. The van der Waals surface area contributed by atoms with Gasteiger partial charge in [0.2, 0.25) is 0 Å². The zero-order valence-corrected chi connectivity index (χ0v) is 10.7. The maximum atomic E-state index is 9.14. The van der Waals surface area contributed by atoms with E-state index in [1.807, 2.05) is 6.07 Å². The van der Waals surface area contributed by atoms with Crippen LogP contribution in [0.15, 0.2) is 18.2 Å². The number of nitrogens with zero attached hydrogens (tertiary/aromatic N) is 1. The summed E-state index contributed by atoms with van der Waals surface area (Å²) in [6.45, 7) is 8.81. The molecule has 1 rings (SSSR count). The maximum absolute atomic E-state index is 9.14. The lowest BCUT2D eigenvalue weighted by atomic mass is 10.1. The molecular weight excluding hydrogens is 198 g/mol. The van der Waals surface area contributed by atoms with E-state index in [9.17, 15) is 0 Å². The number of benzene rings is 1. The summed E-state index contributed by atoms with van der Waals surface area (Å²) in [5.41, 5.74) is 3.48. The Bertz CT molecular complexity index is 317. The second kappa shape index (κ2) is 6.54. The third-order valence-corrected chi connectivity index (χ3v) is 2.85. The van der Waals surface area contributed by atoms with Crippen molar-refractivity contribution in [3.05, 3.63) is 29.3 Å². The van der Waals surface area contributed by atoms with E-state index in [-0.39, 0.29) is 6.61 Å². The molecule has 2 heteroatoms. The second-order valence-electron chi connectivity index (χ2n) is 4.26. The van der Waals surface area contributed by atoms with Crippen LogP contribution in [0.4, 0.5) is 5.69 Å². The standard InChI is InChI=1S/C14H23NO/c1-4-8-15(9-5-2)14-7-6-13(11-16)12(3)10-14/h6-7,10,16H,4-5,8-9,11H2,1-3H3. The molecule has 90 valence electrons. The van der Waals surface area contributed by atoms with Crippen molar-refractivity contribution in [1.82, 2.24) is 0 Å². The van der Waals surface area contributed by atoms with Crippen molar-refractivity contribution in [2.45, 2.75) is 40.2 Å². The van der Waals surface area contributed by atoms with Crippen molar-refractivity contribution >= 4 is 5.69 Å². The van der Waals surface area contributed by atoms with Crippen LogP contribution in [0.2, 0.25) is 0 Å². The molecule has 0 fully saturated rings. The number of rotatable bonds is 6. The van der Waals surface area contributed by atoms with Crippen molar-refractivity contribution in [2.75, 3.05) is 18.0 Å². The Morgan fingerprint density at radius 3 is 2.19 bits per heavy atom.